The number of carbonyl (C=O) groups is 1. The van der Waals surface area contributed by atoms with Crippen LogP contribution in [0.5, 0.6) is 0 Å². The zero-order valence-corrected chi connectivity index (χ0v) is 19.1. The zero-order chi connectivity index (χ0) is 23.5. The van der Waals surface area contributed by atoms with E-state index >= 15 is 0 Å². The van der Waals surface area contributed by atoms with Gasteiger partial charge in [-0.05, 0) is 53.8 Å². The molecule has 7 heteroatoms. The highest BCUT2D eigenvalue weighted by molar-refractivity contribution is 6.04. The normalized spacial score (nSPS) is 14.9. The lowest BCUT2D eigenvalue weighted by Crippen LogP contribution is -2.44. The summed E-state index contributed by atoms with van der Waals surface area (Å²) in [6.45, 7) is 5.79. The minimum atomic E-state index is -0.179. The summed E-state index contributed by atoms with van der Waals surface area (Å²) in [6, 6.07) is 17.7. The van der Waals surface area contributed by atoms with Gasteiger partial charge in [-0.25, -0.2) is 4.98 Å². The van der Waals surface area contributed by atoms with Crippen molar-refractivity contribution in [3.63, 3.8) is 0 Å². The third kappa shape index (κ3) is 5.12. The van der Waals surface area contributed by atoms with E-state index in [2.05, 4.69) is 38.4 Å². The van der Waals surface area contributed by atoms with Gasteiger partial charge in [-0.1, -0.05) is 29.8 Å². The fourth-order valence-corrected chi connectivity index (χ4v) is 4.17. The van der Waals surface area contributed by atoms with E-state index < -0.39 is 0 Å². The molecule has 0 spiro atoms. The number of hydroxylamine groups is 2. The molecule has 7 nitrogen and oxygen atoms in total. The Balaban J connectivity index is 1.35. The number of pyridine rings is 2. The molecule has 0 atom stereocenters. The smallest absolute Gasteiger partial charge is 0.256 e. The van der Waals surface area contributed by atoms with E-state index in [1.165, 1.54) is 5.06 Å². The molecule has 2 aromatic carbocycles. The minimum absolute atomic E-state index is 0.179. The molecule has 172 valence electrons. The standard InChI is InChI=1S/C27H27N5O2/c1-19-2-4-21(5-3-19)27(33)30-26-14-24-13-22(6-7-23(24)17-29-26)25-12-20(15-28-16-25)18-31-8-10-32(34)11-9-31/h2-7,12-17,34H,8-11,18H2,1H3,(H,29,30,33). The van der Waals surface area contributed by atoms with Gasteiger partial charge in [-0.15, -0.1) is 0 Å². The van der Waals surface area contributed by atoms with Crippen LogP contribution in [-0.4, -0.2) is 57.2 Å². The SMILES string of the molecule is Cc1ccc(C(=O)Nc2cc3cc(-c4cncc(CN5CCN(O)CC5)c4)ccc3cn2)cc1. The topological polar surface area (TPSA) is 81.6 Å². The molecular weight excluding hydrogens is 426 g/mol. The van der Waals surface area contributed by atoms with Gasteiger partial charge in [0.2, 0.25) is 0 Å². The predicted molar refractivity (Wildman–Crippen MR) is 133 cm³/mol. The van der Waals surface area contributed by atoms with Crippen LogP contribution in [0.3, 0.4) is 0 Å². The van der Waals surface area contributed by atoms with Crippen LogP contribution in [0.25, 0.3) is 21.9 Å². The summed E-state index contributed by atoms with van der Waals surface area (Å²) < 4.78 is 0. The lowest BCUT2D eigenvalue weighted by atomic mass is 10.0. The molecule has 4 aromatic rings. The van der Waals surface area contributed by atoms with Gasteiger partial charge in [0.25, 0.3) is 5.91 Å². The molecule has 1 amide bonds. The molecule has 0 unspecified atom stereocenters. The second-order valence-corrected chi connectivity index (χ2v) is 8.76. The van der Waals surface area contributed by atoms with Gasteiger partial charge < -0.3 is 10.5 Å². The molecule has 1 aliphatic heterocycles. The number of piperazine rings is 1. The van der Waals surface area contributed by atoms with Gasteiger partial charge >= 0.3 is 0 Å². The number of benzene rings is 2. The molecule has 1 fully saturated rings. The largest absolute Gasteiger partial charge is 0.314 e. The molecule has 3 heterocycles. The molecule has 1 saturated heterocycles. The number of rotatable bonds is 5. The molecule has 0 radical (unpaired) electrons. The van der Waals surface area contributed by atoms with Crippen LogP contribution in [0.15, 0.2) is 73.2 Å². The molecule has 0 aliphatic carbocycles. The highest BCUT2D eigenvalue weighted by Crippen LogP contribution is 2.26. The number of fused-ring (bicyclic) bond motifs is 1. The summed E-state index contributed by atoms with van der Waals surface area (Å²) in [6.07, 6.45) is 5.55. The van der Waals surface area contributed by atoms with Gasteiger partial charge in [0.1, 0.15) is 5.82 Å². The first-order valence-electron chi connectivity index (χ1n) is 11.4. The van der Waals surface area contributed by atoms with Crippen molar-refractivity contribution in [1.29, 1.82) is 0 Å². The Morgan fingerprint density at radius 2 is 1.71 bits per heavy atom. The quantitative estimate of drug-likeness (QED) is 0.467. The Morgan fingerprint density at radius 3 is 2.50 bits per heavy atom. The third-order valence-electron chi connectivity index (χ3n) is 6.16. The van der Waals surface area contributed by atoms with Gasteiger partial charge in [0, 0.05) is 67.8 Å². The summed E-state index contributed by atoms with van der Waals surface area (Å²) in [5.41, 5.74) is 4.96. The van der Waals surface area contributed by atoms with Crippen molar-refractivity contribution in [3.8, 4) is 11.1 Å². The van der Waals surface area contributed by atoms with E-state index in [1.807, 2.05) is 55.7 Å². The average Bonchev–Trinajstić information content (AvgIpc) is 2.85. The van der Waals surface area contributed by atoms with Crippen molar-refractivity contribution in [1.82, 2.24) is 19.9 Å². The number of nitrogens with one attached hydrogen (secondary N) is 1. The third-order valence-corrected chi connectivity index (χ3v) is 6.16. The number of nitrogens with zero attached hydrogens (tertiary/aromatic N) is 4. The number of carbonyl (C=O) groups excluding carboxylic acids is 1. The van der Waals surface area contributed by atoms with Crippen LogP contribution < -0.4 is 5.32 Å². The van der Waals surface area contributed by atoms with Crippen LogP contribution in [0.4, 0.5) is 5.82 Å². The van der Waals surface area contributed by atoms with E-state index in [-0.39, 0.29) is 5.91 Å². The summed E-state index contributed by atoms with van der Waals surface area (Å²) in [5.74, 6) is 0.340. The maximum Gasteiger partial charge on any atom is 0.256 e. The first-order chi connectivity index (χ1) is 16.5. The molecule has 34 heavy (non-hydrogen) atoms. The van der Waals surface area contributed by atoms with Crippen molar-refractivity contribution in [2.75, 3.05) is 31.5 Å². The van der Waals surface area contributed by atoms with Crippen molar-refractivity contribution in [3.05, 3.63) is 89.9 Å². The molecule has 2 aromatic heterocycles. The summed E-state index contributed by atoms with van der Waals surface area (Å²) in [7, 11) is 0. The van der Waals surface area contributed by atoms with Gasteiger partial charge in [0.15, 0.2) is 0 Å². The highest BCUT2D eigenvalue weighted by atomic mass is 16.5. The van der Waals surface area contributed by atoms with E-state index in [9.17, 15) is 10.0 Å². The number of aryl methyl sites for hydroxylation is 1. The molecule has 0 saturated carbocycles. The van der Waals surface area contributed by atoms with E-state index in [0.717, 1.165) is 52.7 Å². The van der Waals surface area contributed by atoms with E-state index in [1.54, 1.807) is 6.20 Å². The fraction of sp³-hybridized carbons (Fsp3) is 0.222. The van der Waals surface area contributed by atoms with Crippen molar-refractivity contribution >= 4 is 22.5 Å². The Morgan fingerprint density at radius 1 is 0.912 bits per heavy atom. The first kappa shape index (κ1) is 22.2. The first-order valence-corrected chi connectivity index (χ1v) is 11.4. The fourth-order valence-electron chi connectivity index (χ4n) is 4.17. The van der Waals surface area contributed by atoms with Crippen molar-refractivity contribution in [2.45, 2.75) is 13.5 Å². The Kier molecular flexibility index (Phi) is 6.31. The number of hydrogen-bond acceptors (Lipinski definition) is 6. The van der Waals surface area contributed by atoms with Crippen LogP contribution in [0.1, 0.15) is 21.5 Å². The maximum atomic E-state index is 12.6. The molecule has 0 bridgehead atoms. The van der Waals surface area contributed by atoms with Crippen LogP contribution in [-0.2, 0) is 6.54 Å². The number of anilines is 1. The van der Waals surface area contributed by atoms with Crippen LogP contribution in [0.2, 0.25) is 0 Å². The summed E-state index contributed by atoms with van der Waals surface area (Å²) in [4.78, 5) is 23.8. The molecule has 2 N–H and O–H groups in total. The van der Waals surface area contributed by atoms with Crippen LogP contribution in [0, 0.1) is 6.92 Å². The van der Waals surface area contributed by atoms with Crippen molar-refractivity contribution < 1.29 is 10.0 Å². The Bertz CT molecular complexity index is 1310. The molecular formula is C27H27N5O2. The van der Waals surface area contributed by atoms with E-state index in [0.29, 0.717) is 24.5 Å². The number of amides is 1. The second-order valence-electron chi connectivity index (χ2n) is 8.76. The zero-order valence-electron chi connectivity index (χ0n) is 19.1. The maximum absolute atomic E-state index is 12.6. The highest BCUT2D eigenvalue weighted by Gasteiger charge is 2.15. The number of aromatic nitrogens is 2. The minimum Gasteiger partial charge on any atom is -0.314 e. The lowest BCUT2D eigenvalue weighted by Gasteiger charge is -2.30. The monoisotopic (exact) mass is 453 g/mol. The molecule has 5 rings (SSSR count). The average molecular weight is 454 g/mol. The van der Waals surface area contributed by atoms with E-state index in [4.69, 9.17) is 0 Å². The van der Waals surface area contributed by atoms with Gasteiger partial charge in [-0.3, -0.25) is 14.7 Å². The molecule has 1 aliphatic rings. The van der Waals surface area contributed by atoms with Gasteiger partial charge in [-0.2, -0.15) is 5.06 Å². The lowest BCUT2D eigenvalue weighted by molar-refractivity contribution is -0.118. The van der Waals surface area contributed by atoms with Crippen molar-refractivity contribution in [2.24, 2.45) is 0 Å². The Hall–Kier alpha value is -3.65. The number of hydrogen-bond donors (Lipinski definition) is 2. The predicted octanol–water partition coefficient (Wildman–Crippen LogP) is 4.36. The van der Waals surface area contributed by atoms with Crippen LogP contribution >= 0.6 is 0 Å². The second kappa shape index (κ2) is 9.69. The Labute approximate surface area is 198 Å². The summed E-state index contributed by atoms with van der Waals surface area (Å²) in [5, 5.41) is 15.8. The summed E-state index contributed by atoms with van der Waals surface area (Å²) >= 11 is 0. The van der Waals surface area contributed by atoms with Gasteiger partial charge in [0.05, 0.1) is 0 Å².